The third-order valence-corrected chi connectivity index (χ3v) is 5.88. The highest BCUT2D eigenvalue weighted by Gasteiger charge is 2.33. The van der Waals surface area contributed by atoms with Crippen molar-refractivity contribution in [2.75, 3.05) is 12.4 Å². The summed E-state index contributed by atoms with van der Waals surface area (Å²) < 4.78 is 43.8. The molecule has 0 bridgehead atoms. The monoisotopic (exact) mass is 401 g/mol. The van der Waals surface area contributed by atoms with Crippen molar-refractivity contribution in [2.24, 2.45) is 0 Å². The average Bonchev–Trinajstić information content (AvgIpc) is 3.15. The molecule has 2 aromatic carbocycles. The summed E-state index contributed by atoms with van der Waals surface area (Å²) in [7, 11) is -1.74. The van der Waals surface area contributed by atoms with Crippen LogP contribution in [0, 0.1) is 5.82 Å². The van der Waals surface area contributed by atoms with Gasteiger partial charge in [0.1, 0.15) is 17.4 Å². The molecule has 0 fully saturated rings. The van der Waals surface area contributed by atoms with E-state index >= 15 is 0 Å². The topological polar surface area (TPSA) is 90.3 Å². The number of rotatable bonds is 4. The number of hydrogen-bond donors (Lipinski definition) is 1. The van der Waals surface area contributed by atoms with Crippen LogP contribution in [0.4, 0.5) is 10.2 Å². The van der Waals surface area contributed by atoms with Crippen LogP contribution in [0.3, 0.4) is 0 Å². The molecule has 7 nitrogen and oxygen atoms in total. The second kappa shape index (κ2) is 6.75. The number of hydrogen-bond acceptors (Lipinski definition) is 5. The second-order valence-electron chi connectivity index (χ2n) is 6.38. The lowest BCUT2D eigenvalue weighted by molar-refractivity contribution is 0.102. The van der Waals surface area contributed by atoms with Gasteiger partial charge in [-0.15, -0.1) is 0 Å². The number of methoxy groups -OCH3 is 1. The SMILES string of the molecule is COc1ccc(-n2nc3c(c2NC(=O)c2ccc(F)cc2)CS(=O)(=O)C3)cc1. The first-order chi connectivity index (χ1) is 13.4. The largest absolute Gasteiger partial charge is 0.497 e. The van der Waals surface area contributed by atoms with Crippen LogP contribution < -0.4 is 10.1 Å². The molecule has 0 saturated heterocycles. The van der Waals surface area contributed by atoms with Gasteiger partial charge >= 0.3 is 0 Å². The molecule has 1 N–H and O–H groups in total. The normalized spacial score (nSPS) is 14.5. The molecule has 3 aromatic rings. The van der Waals surface area contributed by atoms with E-state index in [1.807, 2.05) is 0 Å². The number of fused-ring (bicyclic) bond motifs is 1. The molecule has 9 heteroatoms. The van der Waals surface area contributed by atoms with E-state index in [1.165, 1.54) is 28.9 Å². The van der Waals surface area contributed by atoms with Crippen LogP contribution in [0.1, 0.15) is 21.6 Å². The molecule has 1 amide bonds. The highest BCUT2D eigenvalue weighted by atomic mass is 32.2. The Morgan fingerprint density at radius 3 is 2.43 bits per heavy atom. The van der Waals surface area contributed by atoms with E-state index in [9.17, 15) is 17.6 Å². The number of nitrogens with zero attached hydrogens (tertiary/aromatic N) is 2. The van der Waals surface area contributed by atoms with Gasteiger partial charge in [-0.2, -0.15) is 5.10 Å². The van der Waals surface area contributed by atoms with E-state index in [0.29, 0.717) is 22.7 Å². The minimum absolute atomic E-state index is 0.176. The number of anilines is 1. The maximum Gasteiger partial charge on any atom is 0.256 e. The van der Waals surface area contributed by atoms with Crippen molar-refractivity contribution in [1.82, 2.24) is 9.78 Å². The third-order valence-electron chi connectivity index (χ3n) is 4.44. The molecule has 0 saturated carbocycles. The quantitative estimate of drug-likeness (QED) is 0.726. The predicted octanol–water partition coefficient (Wildman–Crippen LogP) is 2.70. The number of ether oxygens (including phenoxy) is 1. The van der Waals surface area contributed by atoms with E-state index in [0.717, 1.165) is 0 Å². The van der Waals surface area contributed by atoms with Crippen molar-refractivity contribution in [3.05, 3.63) is 71.2 Å². The maximum atomic E-state index is 13.1. The lowest BCUT2D eigenvalue weighted by Crippen LogP contribution is -2.17. The van der Waals surface area contributed by atoms with Crippen molar-refractivity contribution in [1.29, 1.82) is 0 Å². The molecule has 0 spiro atoms. The summed E-state index contributed by atoms with van der Waals surface area (Å²) in [4.78, 5) is 12.6. The fourth-order valence-electron chi connectivity index (χ4n) is 3.06. The van der Waals surface area contributed by atoms with Crippen molar-refractivity contribution >= 4 is 21.6 Å². The Hall–Kier alpha value is -3.20. The van der Waals surface area contributed by atoms with Crippen LogP contribution >= 0.6 is 0 Å². The van der Waals surface area contributed by atoms with E-state index in [-0.39, 0.29) is 22.9 Å². The van der Waals surface area contributed by atoms with Gasteiger partial charge < -0.3 is 10.1 Å². The van der Waals surface area contributed by atoms with Crippen LogP contribution in [0.15, 0.2) is 48.5 Å². The van der Waals surface area contributed by atoms with Crippen molar-refractivity contribution < 1.29 is 22.3 Å². The van der Waals surface area contributed by atoms with Crippen molar-refractivity contribution in [3.63, 3.8) is 0 Å². The lowest BCUT2D eigenvalue weighted by Gasteiger charge is -2.11. The Kier molecular flexibility index (Phi) is 4.38. The van der Waals surface area contributed by atoms with Crippen LogP contribution in [-0.4, -0.2) is 31.2 Å². The van der Waals surface area contributed by atoms with Crippen LogP contribution in [0.25, 0.3) is 5.69 Å². The molecule has 1 aliphatic heterocycles. The molecule has 0 radical (unpaired) electrons. The van der Waals surface area contributed by atoms with Crippen LogP contribution in [0.2, 0.25) is 0 Å². The fourth-order valence-corrected chi connectivity index (χ4v) is 4.56. The first-order valence-corrected chi connectivity index (χ1v) is 10.2. The number of halogens is 1. The Morgan fingerprint density at radius 2 is 1.79 bits per heavy atom. The van der Waals surface area contributed by atoms with E-state index in [4.69, 9.17) is 4.74 Å². The summed E-state index contributed by atoms with van der Waals surface area (Å²) in [6.45, 7) is 0. The maximum absolute atomic E-state index is 13.1. The molecule has 0 aliphatic carbocycles. The molecule has 4 rings (SSSR count). The van der Waals surface area contributed by atoms with Crippen molar-refractivity contribution in [2.45, 2.75) is 11.5 Å². The Bertz CT molecular complexity index is 1150. The number of aromatic nitrogens is 2. The van der Waals surface area contributed by atoms with Crippen LogP contribution in [-0.2, 0) is 21.3 Å². The summed E-state index contributed by atoms with van der Waals surface area (Å²) in [6.07, 6.45) is 0. The minimum Gasteiger partial charge on any atom is -0.497 e. The molecule has 0 unspecified atom stereocenters. The van der Waals surface area contributed by atoms with Crippen molar-refractivity contribution in [3.8, 4) is 11.4 Å². The summed E-state index contributed by atoms with van der Waals surface area (Å²) in [5.41, 5.74) is 1.76. The Balaban J connectivity index is 1.75. The molecule has 1 aromatic heterocycles. The minimum atomic E-state index is -3.30. The van der Waals surface area contributed by atoms with E-state index in [1.54, 1.807) is 31.4 Å². The second-order valence-corrected chi connectivity index (χ2v) is 8.44. The first-order valence-electron chi connectivity index (χ1n) is 8.39. The molecule has 1 aliphatic rings. The predicted molar refractivity (Wildman–Crippen MR) is 101 cm³/mol. The molecular formula is C19H16FN3O4S. The standard InChI is InChI=1S/C19H16FN3O4S/c1-27-15-8-6-14(7-9-15)23-18(16-10-28(25,26)11-17(16)22-23)21-19(24)12-2-4-13(20)5-3-12/h2-9H,10-11H2,1H3,(H,21,24). The van der Waals surface area contributed by atoms with Gasteiger partial charge in [0, 0.05) is 11.1 Å². The zero-order chi connectivity index (χ0) is 19.9. The summed E-state index contributed by atoms with van der Waals surface area (Å²) in [6, 6.07) is 12.1. The van der Waals surface area contributed by atoms with Gasteiger partial charge in [0.05, 0.1) is 30.0 Å². The van der Waals surface area contributed by atoms with Gasteiger partial charge in [0.2, 0.25) is 0 Å². The smallest absolute Gasteiger partial charge is 0.256 e. The summed E-state index contributed by atoms with van der Waals surface area (Å²) in [5, 5.41) is 7.13. The molecule has 144 valence electrons. The number of carbonyl (C=O) groups excluding carboxylic acids is 1. The Labute approximate surface area is 160 Å². The van der Waals surface area contributed by atoms with Crippen LogP contribution in [0.5, 0.6) is 5.75 Å². The summed E-state index contributed by atoms with van der Waals surface area (Å²) in [5.74, 6) is -0.366. The molecule has 28 heavy (non-hydrogen) atoms. The van der Waals surface area contributed by atoms with Gasteiger partial charge in [-0.1, -0.05) is 0 Å². The van der Waals surface area contributed by atoms with Gasteiger partial charge in [-0.3, -0.25) is 4.79 Å². The highest BCUT2D eigenvalue weighted by Crippen LogP contribution is 2.33. The zero-order valence-corrected chi connectivity index (χ0v) is 15.7. The zero-order valence-electron chi connectivity index (χ0n) is 14.8. The fraction of sp³-hybridized carbons (Fsp3) is 0.158. The van der Waals surface area contributed by atoms with E-state index < -0.39 is 21.6 Å². The first kappa shape index (κ1) is 18.2. The highest BCUT2D eigenvalue weighted by molar-refractivity contribution is 7.90. The number of carbonyl (C=O) groups is 1. The average molecular weight is 401 g/mol. The van der Waals surface area contributed by atoms with Gasteiger partial charge in [-0.05, 0) is 48.5 Å². The molecule has 2 heterocycles. The number of sulfone groups is 1. The lowest BCUT2D eigenvalue weighted by atomic mass is 10.2. The van der Waals surface area contributed by atoms with Gasteiger partial charge in [0.15, 0.2) is 9.84 Å². The van der Waals surface area contributed by atoms with Gasteiger partial charge in [-0.25, -0.2) is 17.5 Å². The summed E-state index contributed by atoms with van der Waals surface area (Å²) >= 11 is 0. The number of benzene rings is 2. The molecule has 0 atom stereocenters. The number of amides is 1. The van der Waals surface area contributed by atoms with Gasteiger partial charge in [0.25, 0.3) is 5.91 Å². The number of nitrogens with one attached hydrogen (secondary N) is 1. The third kappa shape index (κ3) is 3.36. The van der Waals surface area contributed by atoms with E-state index in [2.05, 4.69) is 10.4 Å². The molecular weight excluding hydrogens is 385 g/mol. The Morgan fingerprint density at radius 1 is 1.11 bits per heavy atom.